The van der Waals surface area contributed by atoms with Crippen LogP contribution in [0.5, 0.6) is 5.75 Å². The molecule has 2 N–H and O–H groups in total. The van der Waals surface area contributed by atoms with Crippen molar-refractivity contribution >= 4 is 5.82 Å². The Bertz CT molecular complexity index is 1030. The minimum absolute atomic E-state index is 0.0337. The molecule has 0 amide bonds. The summed E-state index contributed by atoms with van der Waals surface area (Å²) in [6, 6.07) is 7.77. The Morgan fingerprint density at radius 1 is 1.10 bits per heavy atom. The molecule has 0 radical (unpaired) electrons. The first-order valence-electron chi connectivity index (χ1n) is 10.5. The number of aryl methyl sites for hydroxylation is 3. The van der Waals surface area contributed by atoms with Gasteiger partial charge in [-0.15, -0.1) is 0 Å². The molecule has 1 unspecified atom stereocenters. The van der Waals surface area contributed by atoms with E-state index in [4.69, 9.17) is 14.4 Å². The number of ether oxygens (including phenoxy) is 1. The molecule has 166 valence electrons. The zero-order valence-electron chi connectivity index (χ0n) is 18.7. The smallest absolute Gasteiger partial charge is 0.258 e. The van der Waals surface area contributed by atoms with Gasteiger partial charge in [0.05, 0.1) is 6.61 Å². The first-order valence-corrected chi connectivity index (χ1v) is 10.5. The third-order valence-corrected chi connectivity index (χ3v) is 5.10. The second kappa shape index (κ2) is 9.89. The topological polar surface area (TPSA) is 105 Å². The van der Waals surface area contributed by atoms with E-state index in [0.717, 1.165) is 46.7 Å². The summed E-state index contributed by atoms with van der Waals surface area (Å²) in [5, 5.41) is 22.8. The predicted molar refractivity (Wildman–Crippen MR) is 119 cm³/mol. The Labute approximate surface area is 182 Å². The molecule has 2 heterocycles. The number of aliphatic hydroxyl groups excluding tert-OH is 2. The summed E-state index contributed by atoms with van der Waals surface area (Å²) in [7, 11) is 1.99. The third-order valence-electron chi connectivity index (χ3n) is 5.10. The number of aliphatic hydroxyl groups is 2. The number of hydrogen-bond donors (Lipinski definition) is 2. The third kappa shape index (κ3) is 5.21. The number of benzene rings is 1. The maximum absolute atomic E-state index is 9.59. The van der Waals surface area contributed by atoms with Gasteiger partial charge in [-0.05, 0) is 62.6 Å². The molecule has 0 aliphatic heterocycles. The van der Waals surface area contributed by atoms with Crippen molar-refractivity contribution in [3.63, 3.8) is 0 Å². The molecule has 8 nitrogen and oxygen atoms in total. The van der Waals surface area contributed by atoms with Crippen LogP contribution in [0.1, 0.15) is 30.7 Å². The highest BCUT2D eigenvalue weighted by atomic mass is 16.5. The predicted octanol–water partition coefficient (Wildman–Crippen LogP) is 3.17. The Balaban J connectivity index is 1.92. The normalized spacial score (nSPS) is 12.1. The highest BCUT2D eigenvalue weighted by Gasteiger charge is 2.17. The van der Waals surface area contributed by atoms with Crippen molar-refractivity contribution < 1.29 is 19.5 Å². The van der Waals surface area contributed by atoms with Crippen molar-refractivity contribution in [2.45, 2.75) is 40.2 Å². The second-order valence-corrected chi connectivity index (χ2v) is 7.58. The monoisotopic (exact) mass is 426 g/mol. The first-order chi connectivity index (χ1) is 14.9. The molecule has 0 bridgehead atoms. The van der Waals surface area contributed by atoms with Gasteiger partial charge in [-0.1, -0.05) is 12.1 Å². The molecular weight excluding hydrogens is 396 g/mol. The van der Waals surface area contributed by atoms with Crippen molar-refractivity contribution in [1.82, 2.24) is 15.1 Å². The van der Waals surface area contributed by atoms with Crippen LogP contribution in [0.3, 0.4) is 0 Å². The van der Waals surface area contributed by atoms with Gasteiger partial charge in [0, 0.05) is 30.4 Å². The molecule has 0 saturated carbocycles. The highest BCUT2D eigenvalue weighted by Crippen LogP contribution is 2.31. The van der Waals surface area contributed by atoms with Gasteiger partial charge >= 0.3 is 0 Å². The van der Waals surface area contributed by atoms with Gasteiger partial charge in [-0.25, -0.2) is 4.98 Å². The van der Waals surface area contributed by atoms with Gasteiger partial charge in [-0.3, -0.25) is 0 Å². The van der Waals surface area contributed by atoms with Gasteiger partial charge in [0.1, 0.15) is 24.3 Å². The SMILES string of the molecule is CCc1cc(-c2noc(-c3cc(C)nc(N(C)CC)c3)n2)cc(C)c1OCC(O)CO. The van der Waals surface area contributed by atoms with Gasteiger partial charge in [0.25, 0.3) is 5.89 Å². The number of rotatable bonds is 9. The number of pyridine rings is 1. The van der Waals surface area contributed by atoms with Crippen LogP contribution in [-0.4, -0.2) is 58.2 Å². The Morgan fingerprint density at radius 3 is 2.55 bits per heavy atom. The van der Waals surface area contributed by atoms with Crippen LogP contribution in [0.15, 0.2) is 28.8 Å². The second-order valence-electron chi connectivity index (χ2n) is 7.58. The van der Waals surface area contributed by atoms with E-state index in [1.54, 1.807) is 0 Å². The summed E-state index contributed by atoms with van der Waals surface area (Å²) in [6.45, 7) is 8.51. The fraction of sp³-hybridized carbons (Fsp3) is 0.435. The van der Waals surface area contributed by atoms with Crippen molar-refractivity contribution in [2.75, 3.05) is 31.7 Å². The van der Waals surface area contributed by atoms with Gasteiger partial charge in [0.2, 0.25) is 5.82 Å². The van der Waals surface area contributed by atoms with E-state index >= 15 is 0 Å². The van der Waals surface area contributed by atoms with Crippen LogP contribution in [0, 0.1) is 13.8 Å². The minimum atomic E-state index is -0.913. The lowest BCUT2D eigenvalue weighted by atomic mass is 10.0. The fourth-order valence-corrected chi connectivity index (χ4v) is 3.27. The van der Waals surface area contributed by atoms with E-state index in [1.807, 2.05) is 52.1 Å². The van der Waals surface area contributed by atoms with Crippen molar-refractivity contribution in [2.24, 2.45) is 0 Å². The molecule has 1 atom stereocenters. The molecule has 0 aliphatic rings. The lowest BCUT2D eigenvalue weighted by Gasteiger charge is -2.16. The van der Waals surface area contributed by atoms with E-state index in [-0.39, 0.29) is 13.2 Å². The summed E-state index contributed by atoms with van der Waals surface area (Å²) >= 11 is 0. The zero-order chi connectivity index (χ0) is 22.5. The maximum Gasteiger partial charge on any atom is 0.258 e. The van der Waals surface area contributed by atoms with Crippen LogP contribution in [0.25, 0.3) is 22.8 Å². The first kappa shape index (κ1) is 22.7. The minimum Gasteiger partial charge on any atom is -0.490 e. The Kier molecular flexibility index (Phi) is 7.25. The fourth-order valence-electron chi connectivity index (χ4n) is 3.27. The van der Waals surface area contributed by atoms with Crippen molar-refractivity contribution in [3.8, 4) is 28.6 Å². The molecule has 1 aromatic carbocycles. The van der Waals surface area contributed by atoms with Crippen molar-refractivity contribution in [3.05, 3.63) is 41.1 Å². The van der Waals surface area contributed by atoms with Crippen LogP contribution in [0.4, 0.5) is 5.82 Å². The highest BCUT2D eigenvalue weighted by molar-refractivity contribution is 5.65. The summed E-state index contributed by atoms with van der Waals surface area (Å²) in [4.78, 5) is 11.2. The number of hydrogen-bond acceptors (Lipinski definition) is 8. The zero-order valence-corrected chi connectivity index (χ0v) is 18.7. The molecule has 0 fully saturated rings. The van der Waals surface area contributed by atoms with Crippen LogP contribution in [0.2, 0.25) is 0 Å². The van der Waals surface area contributed by atoms with E-state index in [9.17, 15) is 5.11 Å². The van der Waals surface area contributed by atoms with E-state index in [1.165, 1.54) is 0 Å². The lowest BCUT2D eigenvalue weighted by Crippen LogP contribution is -2.22. The summed E-state index contributed by atoms with van der Waals surface area (Å²) in [5.41, 5.74) is 4.40. The molecule has 3 rings (SSSR count). The Hall–Kier alpha value is -2.97. The average Bonchev–Trinajstić information content (AvgIpc) is 3.26. The molecule has 0 aliphatic carbocycles. The van der Waals surface area contributed by atoms with Crippen LogP contribution < -0.4 is 9.64 Å². The summed E-state index contributed by atoms with van der Waals surface area (Å²) in [5.74, 6) is 2.50. The quantitative estimate of drug-likeness (QED) is 0.538. The molecule has 0 saturated heterocycles. The number of anilines is 1. The van der Waals surface area contributed by atoms with E-state index in [2.05, 4.69) is 26.9 Å². The Morgan fingerprint density at radius 2 is 1.87 bits per heavy atom. The molecule has 8 heteroatoms. The standard InChI is InChI=1S/C23H30N4O4/c1-6-16-10-17(8-14(3)21(16)30-13-19(29)12-28)22-25-23(31-26-22)18-9-15(4)24-20(11-18)27(5)7-2/h8-11,19,28-29H,6-7,12-13H2,1-5H3. The van der Waals surface area contributed by atoms with Crippen molar-refractivity contribution in [1.29, 1.82) is 0 Å². The molecular formula is C23H30N4O4. The lowest BCUT2D eigenvalue weighted by molar-refractivity contribution is 0.0531. The van der Waals surface area contributed by atoms with E-state index in [0.29, 0.717) is 17.5 Å². The number of nitrogens with zero attached hydrogens (tertiary/aromatic N) is 4. The number of aromatic nitrogens is 3. The van der Waals surface area contributed by atoms with Gasteiger partial charge < -0.3 is 24.4 Å². The van der Waals surface area contributed by atoms with Gasteiger partial charge in [-0.2, -0.15) is 4.98 Å². The van der Waals surface area contributed by atoms with Crippen LogP contribution in [-0.2, 0) is 6.42 Å². The van der Waals surface area contributed by atoms with Crippen LogP contribution >= 0.6 is 0 Å². The summed E-state index contributed by atoms with van der Waals surface area (Å²) < 4.78 is 11.3. The maximum atomic E-state index is 9.59. The summed E-state index contributed by atoms with van der Waals surface area (Å²) in [6.07, 6.45) is -0.177. The molecule has 31 heavy (non-hydrogen) atoms. The largest absolute Gasteiger partial charge is 0.490 e. The molecule has 2 aromatic heterocycles. The average molecular weight is 427 g/mol. The molecule has 0 spiro atoms. The van der Waals surface area contributed by atoms with E-state index < -0.39 is 6.10 Å². The molecule has 3 aromatic rings. The van der Waals surface area contributed by atoms with Gasteiger partial charge in [0.15, 0.2) is 0 Å².